The molecule has 4 rings (SSSR count). The van der Waals surface area contributed by atoms with E-state index in [4.69, 9.17) is 0 Å². The van der Waals surface area contributed by atoms with Gasteiger partial charge in [-0.05, 0) is 30.9 Å². The first-order valence-electron chi connectivity index (χ1n) is 9.45. The van der Waals surface area contributed by atoms with Crippen molar-refractivity contribution in [1.29, 1.82) is 0 Å². The number of pyridine rings is 1. The van der Waals surface area contributed by atoms with Crippen molar-refractivity contribution in [2.45, 2.75) is 44.2 Å². The molecule has 0 radical (unpaired) electrons. The van der Waals surface area contributed by atoms with Gasteiger partial charge in [0.05, 0.1) is 0 Å². The molecule has 1 saturated heterocycles. The first kappa shape index (κ1) is 17.4. The Morgan fingerprint density at radius 2 is 2.04 bits per heavy atom. The lowest BCUT2D eigenvalue weighted by Gasteiger charge is -2.26. The Labute approximate surface area is 152 Å². The van der Waals surface area contributed by atoms with Gasteiger partial charge in [0.1, 0.15) is 17.0 Å². The average molecular weight is 356 g/mol. The summed E-state index contributed by atoms with van der Waals surface area (Å²) >= 11 is 0. The lowest BCUT2D eigenvalue weighted by atomic mass is 9.90. The van der Waals surface area contributed by atoms with Gasteiger partial charge in [0.25, 0.3) is 5.91 Å². The van der Waals surface area contributed by atoms with E-state index in [1.165, 1.54) is 38.2 Å². The normalized spacial score (nSPS) is 25.7. The highest BCUT2D eigenvalue weighted by Gasteiger charge is 2.37. The Hall–Kier alpha value is -2.05. The number of nitrogens with one attached hydrogen (secondary N) is 2. The van der Waals surface area contributed by atoms with Crippen molar-refractivity contribution < 1.29 is 9.18 Å². The molecule has 3 unspecified atom stereocenters. The average Bonchev–Trinajstić information content (AvgIpc) is 2.88. The summed E-state index contributed by atoms with van der Waals surface area (Å²) in [4.78, 5) is 18.8. The van der Waals surface area contributed by atoms with E-state index >= 15 is 0 Å². The highest BCUT2D eigenvalue weighted by molar-refractivity contribution is 5.94. The molecule has 1 aromatic heterocycles. The molecular weight excluding hydrogens is 331 g/mol. The SMILES string of the molecule is CN(CC1NNC2CCCCCC21)C(=O)c1ccc2cccc(F)c2n1. The molecule has 1 saturated carbocycles. The van der Waals surface area contributed by atoms with Gasteiger partial charge in [-0.1, -0.05) is 37.5 Å². The lowest BCUT2D eigenvalue weighted by molar-refractivity contribution is 0.0769. The number of para-hydroxylation sites is 1. The van der Waals surface area contributed by atoms with E-state index in [1.807, 2.05) is 0 Å². The molecule has 1 aromatic carbocycles. The summed E-state index contributed by atoms with van der Waals surface area (Å²) < 4.78 is 14.0. The molecule has 3 atom stereocenters. The molecule has 26 heavy (non-hydrogen) atoms. The molecule has 2 N–H and O–H groups in total. The molecule has 1 aliphatic carbocycles. The number of hydrogen-bond acceptors (Lipinski definition) is 4. The van der Waals surface area contributed by atoms with Crippen molar-refractivity contribution in [3.63, 3.8) is 0 Å². The number of fused-ring (bicyclic) bond motifs is 2. The third-order valence-corrected chi connectivity index (χ3v) is 5.75. The summed E-state index contributed by atoms with van der Waals surface area (Å²) in [5.74, 6) is -0.0217. The Morgan fingerprint density at radius 1 is 1.19 bits per heavy atom. The van der Waals surface area contributed by atoms with Crippen LogP contribution in [0.3, 0.4) is 0 Å². The fraction of sp³-hybridized carbons (Fsp3) is 0.500. The maximum atomic E-state index is 14.0. The topological polar surface area (TPSA) is 57.3 Å². The second kappa shape index (κ2) is 7.29. The monoisotopic (exact) mass is 356 g/mol. The van der Waals surface area contributed by atoms with Crippen LogP contribution >= 0.6 is 0 Å². The predicted octanol–water partition coefficient (Wildman–Crippen LogP) is 2.87. The van der Waals surface area contributed by atoms with E-state index in [-0.39, 0.29) is 23.2 Å². The van der Waals surface area contributed by atoms with Gasteiger partial charge in [-0.2, -0.15) is 0 Å². The van der Waals surface area contributed by atoms with Gasteiger partial charge in [0.15, 0.2) is 0 Å². The third kappa shape index (κ3) is 3.31. The first-order valence-corrected chi connectivity index (χ1v) is 9.45. The van der Waals surface area contributed by atoms with Gasteiger partial charge in [0, 0.05) is 31.1 Å². The summed E-state index contributed by atoms with van der Waals surface area (Å²) in [7, 11) is 1.79. The Bertz CT molecular complexity index is 811. The summed E-state index contributed by atoms with van der Waals surface area (Å²) in [6.07, 6.45) is 6.20. The summed E-state index contributed by atoms with van der Waals surface area (Å²) in [5.41, 5.74) is 7.32. The van der Waals surface area contributed by atoms with E-state index in [0.717, 1.165) is 0 Å². The van der Waals surface area contributed by atoms with Crippen LogP contribution in [0.2, 0.25) is 0 Å². The highest BCUT2D eigenvalue weighted by atomic mass is 19.1. The number of nitrogens with zero attached hydrogens (tertiary/aromatic N) is 2. The zero-order valence-electron chi connectivity index (χ0n) is 15.0. The molecule has 0 spiro atoms. The minimum absolute atomic E-state index is 0.172. The predicted molar refractivity (Wildman–Crippen MR) is 99.1 cm³/mol. The largest absolute Gasteiger partial charge is 0.339 e. The van der Waals surface area contributed by atoms with Gasteiger partial charge < -0.3 is 4.90 Å². The summed E-state index contributed by atoms with van der Waals surface area (Å²) in [6, 6.07) is 8.98. The van der Waals surface area contributed by atoms with Crippen LogP contribution in [-0.2, 0) is 0 Å². The molecule has 5 nitrogen and oxygen atoms in total. The van der Waals surface area contributed by atoms with Crippen molar-refractivity contribution >= 4 is 16.8 Å². The zero-order chi connectivity index (χ0) is 18.1. The molecule has 0 bridgehead atoms. The second-order valence-electron chi connectivity index (χ2n) is 7.50. The smallest absolute Gasteiger partial charge is 0.272 e. The van der Waals surface area contributed by atoms with Crippen molar-refractivity contribution in [1.82, 2.24) is 20.7 Å². The molecule has 2 fully saturated rings. The van der Waals surface area contributed by atoms with Crippen LogP contribution in [0.15, 0.2) is 30.3 Å². The van der Waals surface area contributed by atoms with Gasteiger partial charge in [-0.25, -0.2) is 9.37 Å². The quantitative estimate of drug-likeness (QED) is 0.888. The molecule has 1 aliphatic heterocycles. The molecular formula is C20H25FN4O. The number of hydrazine groups is 1. The number of carbonyl (C=O) groups excluding carboxylic acids is 1. The van der Waals surface area contributed by atoms with Crippen molar-refractivity contribution in [3.8, 4) is 0 Å². The fourth-order valence-corrected chi connectivity index (χ4v) is 4.30. The minimum atomic E-state index is -0.400. The number of carbonyl (C=O) groups is 1. The van der Waals surface area contributed by atoms with Crippen LogP contribution in [0, 0.1) is 11.7 Å². The molecule has 2 aromatic rings. The Balaban J connectivity index is 1.48. The van der Waals surface area contributed by atoms with Crippen molar-refractivity contribution in [2.24, 2.45) is 5.92 Å². The molecule has 2 aliphatic rings. The number of aromatic nitrogens is 1. The van der Waals surface area contributed by atoms with Crippen LogP contribution in [0.4, 0.5) is 4.39 Å². The van der Waals surface area contributed by atoms with Crippen LogP contribution < -0.4 is 10.9 Å². The number of benzene rings is 1. The maximum absolute atomic E-state index is 14.0. The molecule has 138 valence electrons. The number of amides is 1. The number of likely N-dealkylation sites (N-methyl/N-ethyl adjacent to an activating group) is 1. The van der Waals surface area contributed by atoms with Crippen LogP contribution in [0.25, 0.3) is 10.9 Å². The number of hydrogen-bond donors (Lipinski definition) is 2. The van der Waals surface area contributed by atoms with Crippen molar-refractivity contribution in [2.75, 3.05) is 13.6 Å². The standard InChI is InChI=1S/C20H25FN4O/c1-25(12-18-14-7-3-2-4-9-16(14)23-24-18)20(26)17-11-10-13-6-5-8-15(21)19(13)22-17/h5-6,8,10-11,14,16,18,23-24H,2-4,7,9,12H2,1H3. The van der Waals surface area contributed by atoms with E-state index in [2.05, 4.69) is 15.8 Å². The van der Waals surface area contributed by atoms with E-state index in [1.54, 1.807) is 36.2 Å². The van der Waals surface area contributed by atoms with E-state index < -0.39 is 5.82 Å². The number of rotatable bonds is 3. The van der Waals surface area contributed by atoms with Crippen LogP contribution in [0.1, 0.15) is 42.6 Å². The van der Waals surface area contributed by atoms with Gasteiger partial charge >= 0.3 is 0 Å². The maximum Gasteiger partial charge on any atom is 0.272 e. The summed E-state index contributed by atoms with van der Waals surface area (Å²) in [6.45, 7) is 0.615. The van der Waals surface area contributed by atoms with Crippen molar-refractivity contribution in [3.05, 3.63) is 41.8 Å². The van der Waals surface area contributed by atoms with Gasteiger partial charge in [-0.15, -0.1) is 0 Å². The third-order valence-electron chi connectivity index (χ3n) is 5.75. The Morgan fingerprint density at radius 3 is 2.92 bits per heavy atom. The Kier molecular flexibility index (Phi) is 4.87. The van der Waals surface area contributed by atoms with Crippen LogP contribution in [0.5, 0.6) is 0 Å². The van der Waals surface area contributed by atoms with E-state index in [0.29, 0.717) is 23.9 Å². The van der Waals surface area contributed by atoms with Crippen LogP contribution in [-0.4, -0.2) is 41.5 Å². The first-order chi connectivity index (χ1) is 12.6. The fourth-order valence-electron chi connectivity index (χ4n) is 4.30. The second-order valence-corrected chi connectivity index (χ2v) is 7.50. The van der Waals surface area contributed by atoms with E-state index in [9.17, 15) is 9.18 Å². The lowest BCUT2D eigenvalue weighted by Crippen LogP contribution is -2.43. The molecule has 6 heteroatoms. The highest BCUT2D eigenvalue weighted by Crippen LogP contribution is 2.29. The molecule has 2 heterocycles. The summed E-state index contributed by atoms with van der Waals surface area (Å²) in [5, 5.41) is 0.701. The minimum Gasteiger partial charge on any atom is -0.339 e. The van der Waals surface area contributed by atoms with Gasteiger partial charge in [0.2, 0.25) is 0 Å². The molecule has 1 amide bonds. The number of halogens is 1. The van der Waals surface area contributed by atoms with Gasteiger partial charge in [-0.3, -0.25) is 15.6 Å². The zero-order valence-corrected chi connectivity index (χ0v) is 15.0.